The molecule has 21 nitrogen and oxygen atoms in total. The first-order valence-electron chi connectivity index (χ1n) is 22.4. The van der Waals surface area contributed by atoms with Crippen LogP contribution in [0.2, 0.25) is 43.8 Å². The molecule has 1 aromatic carbocycles. The van der Waals surface area contributed by atoms with E-state index in [0.717, 1.165) is 6.04 Å². The van der Waals surface area contributed by atoms with E-state index in [9.17, 15) is 19.7 Å². The fourth-order valence-corrected chi connectivity index (χ4v) is 13.0. The van der Waals surface area contributed by atoms with Crippen LogP contribution in [0.1, 0.15) is 66.1 Å². The van der Waals surface area contributed by atoms with Gasteiger partial charge < -0.3 is 47.2 Å². The number of imidazole rings is 1. The maximum absolute atomic E-state index is 17.0. The standard InChI is InChI=1S/C42H59FN8O13P2S2Si2/c1-42(2,3)70(8,9)64-36-33(28-20-27(41(53)55-4)49-51(28)25-56-18-19-69(5,6)7)60-30-21-58-65(54,67)62-34-29(22-59-66(68,63-35(30)36)57-17-13-16-44)61-40(31(34)43)50-24-47-32-37(45-23-46-38(32)50)48-39(52)26-14-11-10-12-15-26/h10-12,14-15,20,23-24,29-31,33-36,40H,13,17-19,21-22,25H2,1-9H3,(H,54,67)(H,45,46,48,52)/t29-,30-,31-,33+,34-,35-,36+,40-,65?,66?/m1/s1. The van der Waals surface area contributed by atoms with E-state index in [-0.39, 0.29) is 47.5 Å². The molecule has 382 valence electrons. The largest absolute Gasteiger partial charge is 0.464 e. The van der Waals surface area contributed by atoms with E-state index in [0.29, 0.717) is 17.9 Å². The Kier molecular flexibility index (Phi) is 17.1. The molecule has 3 aliphatic heterocycles. The summed E-state index contributed by atoms with van der Waals surface area (Å²) in [5.41, 5.74) is 0.954. The van der Waals surface area contributed by atoms with Crippen LogP contribution in [0.4, 0.5) is 10.2 Å². The van der Waals surface area contributed by atoms with Gasteiger partial charge in [0, 0.05) is 20.2 Å². The van der Waals surface area contributed by atoms with Crippen molar-refractivity contribution in [2.24, 2.45) is 0 Å². The number of alkyl halides is 1. The van der Waals surface area contributed by atoms with Gasteiger partial charge in [-0.05, 0) is 66.0 Å². The summed E-state index contributed by atoms with van der Waals surface area (Å²) in [6, 6.07) is 12.9. The molecular weight excluding hydrogens is 1030 g/mol. The van der Waals surface area contributed by atoms with Crippen molar-refractivity contribution in [3.8, 4) is 6.07 Å². The summed E-state index contributed by atoms with van der Waals surface area (Å²) in [6.45, 7) is 7.71. The number of hydrogen-bond acceptors (Lipinski definition) is 19. The van der Waals surface area contributed by atoms with Gasteiger partial charge in [-0.1, -0.05) is 58.6 Å². The average Bonchev–Trinajstić information content (AvgIpc) is 4.07. The number of anilines is 1. The number of rotatable bonds is 15. The summed E-state index contributed by atoms with van der Waals surface area (Å²) in [5.74, 6) is -1.09. The van der Waals surface area contributed by atoms with Gasteiger partial charge in [0.2, 0.25) is 0 Å². The summed E-state index contributed by atoms with van der Waals surface area (Å²) < 4.78 is 82.5. The second kappa shape index (κ2) is 22.0. The Morgan fingerprint density at radius 3 is 2.41 bits per heavy atom. The van der Waals surface area contributed by atoms with E-state index >= 15 is 4.39 Å². The number of carbonyl (C=O) groups excluding carboxylic acids is 2. The number of nitrogens with one attached hydrogen (secondary N) is 1. The highest BCUT2D eigenvalue weighted by Crippen LogP contribution is 2.58. The molecule has 6 heterocycles. The molecule has 10 atom stereocenters. The van der Waals surface area contributed by atoms with E-state index in [1.165, 1.54) is 35.1 Å². The second-order valence-electron chi connectivity index (χ2n) is 19.5. The van der Waals surface area contributed by atoms with Crippen LogP contribution in [0, 0.1) is 11.3 Å². The van der Waals surface area contributed by atoms with Crippen LogP contribution in [-0.2, 0) is 76.3 Å². The quantitative estimate of drug-likeness (QED) is 0.0512. The lowest BCUT2D eigenvalue weighted by atomic mass is 10.1. The fourth-order valence-electron chi connectivity index (χ4n) is 7.41. The molecule has 1 amide bonds. The zero-order valence-corrected chi connectivity index (χ0v) is 45.7. The highest BCUT2D eigenvalue weighted by Gasteiger charge is 2.56. The molecule has 2 unspecified atom stereocenters. The first-order valence-corrected chi connectivity index (χ1v) is 34.2. The molecule has 3 saturated heterocycles. The van der Waals surface area contributed by atoms with E-state index in [1.54, 1.807) is 30.3 Å². The number of hydrogen-bond donors (Lipinski definition) is 2. The average molecular weight is 1090 g/mol. The van der Waals surface area contributed by atoms with Crippen molar-refractivity contribution in [1.82, 2.24) is 29.3 Å². The Balaban J connectivity index is 1.23. The molecule has 28 heteroatoms. The van der Waals surface area contributed by atoms with Crippen molar-refractivity contribution in [3.63, 3.8) is 0 Å². The van der Waals surface area contributed by atoms with E-state index < -0.39 is 104 Å². The third-order valence-electron chi connectivity index (χ3n) is 12.2. The van der Waals surface area contributed by atoms with Crippen molar-refractivity contribution >= 4 is 82.3 Å². The molecule has 70 heavy (non-hydrogen) atoms. The maximum Gasteiger partial charge on any atom is 0.358 e. The van der Waals surface area contributed by atoms with Crippen LogP contribution >= 0.6 is 13.4 Å². The normalized spacial score (nSPS) is 28.8. The summed E-state index contributed by atoms with van der Waals surface area (Å²) >= 11 is 11.6. The van der Waals surface area contributed by atoms with Gasteiger partial charge in [-0.25, -0.2) is 28.8 Å². The number of methoxy groups -OCH3 is 1. The summed E-state index contributed by atoms with van der Waals surface area (Å²) in [7, 11) is -3.01. The lowest BCUT2D eigenvalue weighted by molar-refractivity contribution is -0.0557. The molecule has 3 aromatic heterocycles. The van der Waals surface area contributed by atoms with Crippen molar-refractivity contribution in [2.45, 2.75) is 127 Å². The first-order chi connectivity index (χ1) is 32.9. The number of ether oxygens (including phenoxy) is 4. The lowest BCUT2D eigenvalue weighted by Crippen LogP contribution is -2.49. The number of benzene rings is 1. The predicted molar refractivity (Wildman–Crippen MR) is 265 cm³/mol. The Bertz CT molecular complexity index is 2650. The molecule has 7 rings (SSSR count). The minimum Gasteiger partial charge on any atom is -0.464 e. The fraction of sp³-hybridized carbons (Fsp3) is 0.595. The Morgan fingerprint density at radius 1 is 1.01 bits per heavy atom. The van der Waals surface area contributed by atoms with Crippen LogP contribution in [0.25, 0.3) is 11.2 Å². The molecule has 4 aromatic rings. The predicted octanol–water partition coefficient (Wildman–Crippen LogP) is 7.33. The number of amides is 1. The third-order valence-corrected chi connectivity index (χ3v) is 22.3. The zero-order chi connectivity index (χ0) is 50.8. The smallest absolute Gasteiger partial charge is 0.358 e. The highest BCUT2D eigenvalue weighted by atomic mass is 32.5. The molecule has 2 N–H and O–H groups in total. The Morgan fingerprint density at radius 2 is 1.73 bits per heavy atom. The SMILES string of the molecule is COC(=O)c1cc([C@@H]2O[C@@H]3COP(O)(=S)O[C@H]4[C@@H](F)[C@H](n5cnc6c(NC(=O)c7ccccc7)ncnc65)O[C@@H]4COP(=S)(OCCC#N)O[C@H]3[C@H]2O[Si](C)(C)C(C)(C)C)n(COCC[Si](C)(C)C)n1. The van der Waals surface area contributed by atoms with Gasteiger partial charge >= 0.3 is 19.4 Å². The number of nitrogens with zero attached hydrogens (tertiary/aromatic N) is 7. The molecule has 0 saturated carbocycles. The molecule has 3 aliphatic rings. The van der Waals surface area contributed by atoms with Crippen LogP contribution in [0.15, 0.2) is 49.1 Å². The number of esters is 1. The van der Waals surface area contributed by atoms with Gasteiger partial charge in [-0.2, -0.15) is 10.4 Å². The molecule has 0 radical (unpaired) electrons. The number of aromatic nitrogens is 6. The van der Waals surface area contributed by atoms with Gasteiger partial charge in [0.05, 0.1) is 51.4 Å². The highest BCUT2D eigenvalue weighted by molar-refractivity contribution is 8.07. The van der Waals surface area contributed by atoms with Crippen molar-refractivity contribution in [2.75, 3.05) is 38.9 Å². The topological polar surface area (TPSA) is 244 Å². The number of nitriles is 1. The van der Waals surface area contributed by atoms with Crippen LogP contribution in [0.5, 0.6) is 0 Å². The van der Waals surface area contributed by atoms with Crippen LogP contribution < -0.4 is 5.32 Å². The minimum atomic E-state index is -4.37. The molecule has 0 aliphatic carbocycles. The Hall–Kier alpha value is -3.33. The van der Waals surface area contributed by atoms with Gasteiger partial charge in [0.25, 0.3) is 5.91 Å². The zero-order valence-electron chi connectivity index (χ0n) is 40.3. The van der Waals surface area contributed by atoms with Crippen LogP contribution in [-0.4, -0.2) is 133 Å². The summed E-state index contributed by atoms with van der Waals surface area (Å²) in [4.78, 5) is 50.6. The van der Waals surface area contributed by atoms with Gasteiger partial charge in [-0.3, -0.25) is 18.4 Å². The van der Waals surface area contributed by atoms with E-state index in [1.807, 2.05) is 19.2 Å². The second-order valence-corrected chi connectivity index (χ2v) is 35.6. The number of carbonyl (C=O) groups is 2. The van der Waals surface area contributed by atoms with E-state index in [4.69, 9.17) is 69.6 Å². The van der Waals surface area contributed by atoms with Gasteiger partial charge in [0.1, 0.15) is 49.7 Å². The van der Waals surface area contributed by atoms with Gasteiger partial charge in [-0.15, -0.1) is 0 Å². The minimum absolute atomic E-state index is 0.0198. The van der Waals surface area contributed by atoms with Gasteiger partial charge in [0.15, 0.2) is 43.4 Å². The molecule has 0 spiro atoms. The monoisotopic (exact) mass is 1080 g/mol. The molecule has 0 bridgehead atoms. The number of halogens is 1. The molecule has 3 fully saturated rings. The van der Waals surface area contributed by atoms with E-state index in [2.05, 4.69) is 65.8 Å². The van der Waals surface area contributed by atoms with Crippen LogP contribution in [0.3, 0.4) is 0 Å². The third kappa shape index (κ3) is 12.7. The lowest BCUT2D eigenvalue weighted by Gasteiger charge is -2.41. The Labute approximate surface area is 417 Å². The van der Waals surface area contributed by atoms with Crippen molar-refractivity contribution in [1.29, 1.82) is 5.26 Å². The van der Waals surface area contributed by atoms with Crippen molar-refractivity contribution < 1.29 is 64.9 Å². The van der Waals surface area contributed by atoms with Crippen molar-refractivity contribution in [3.05, 3.63) is 66.0 Å². The summed E-state index contributed by atoms with van der Waals surface area (Å²) in [5, 5.41) is 16.4. The first kappa shape index (κ1) is 54.4. The molecular formula is C42H59FN8O13P2S2Si2. The number of fused-ring (bicyclic) bond motifs is 3. The summed E-state index contributed by atoms with van der Waals surface area (Å²) in [6.07, 6.45) is -8.60. The maximum atomic E-state index is 17.0.